The number of carbonyl (C=O) groups is 2. The first kappa shape index (κ1) is 17.8. The molecule has 122 valence electrons. The third-order valence-corrected chi connectivity index (χ3v) is 3.85. The van der Waals surface area contributed by atoms with Crippen LogP contribution in [0, 0.1) is 5.92 Å². The largest absolute Gasteiger partial charge is 0.444 e. The van der Waals surface area contributed by atoms with Crippen LogP contribution >= 0.6 is 0 Å². The fourth-order valence-electron chi connectivity index (χ4n) is 2.65. The Morgan fingerprint density at radius 3 is 2.14 bits per heavy atom. The Hall–Kier alpha value is -1.26. The molecule has 1 saturated carbocycles. The first-order chi connectivity index (χ1) is 9.69. The summed E-state index contributed by atoms with van der Waals surface area (Å²) in [5.41, 5.74) is -0.560. The van der Waals surface area contributed by atoms with Crippen molar-refractivity contribution in [1.82, 2.24) is 10.6 Å². The molecule has 0 aromatic heterocycles. The van der Waals surface area contributed by atoms with Crippen LogP contribution in [0.15, 0.2) is 0 Å². The predicted octanol–water partition coefficient (Wildman–Crippen LogP) is 2.98. The zero-order chi connectivity index (χ0) is 16.0. The van der Waals surface area contributed by atoms with Crippen molar-refractivity contribution in [3.63, 3.8) is 0 Å². The van der Waals surface area contributed by atoms with Crippen LogP contribution in [0.5, 0.6) is 0 Å². The lowest BCUT2D eigenvalue weighted by molar-refractivity contribution is -0.123. The fraction of sp³-hybridized carbons (Fsp3) is 0.875. The molecule has 0 heterocycles. The van der Waals surface area contributed by atoms with Crippen LogP contribution in [-0.4, -0.2) is 29.7 Å². The Bertz CT molecular complexity index is 357. The molecule has 2 atom stereocenters. The molecule has 0 aromatic carbocycles. The van der Waals surface area contributed by atoms with E-state index in [4.69, 9.17) is 4.74 Å². The molecule has 0 radical (unpaired) electrons. The van der Waals surface area contributed by atoms with Gasteiger partial charge in [-0.05, 0) is 53.4 Å². The summed E-state index contributed by atoms with van der Waals surface area (Å²) in [6.07, 6.45) is 5.58. The predicted molar refractivity (Wildman–Crippen MR) is 83.0 cm³/mol. The zero-order valence-electron chi connectivity index (χ0n) is 14.0. The minimum Gasteiger partial charge on any atom is -0.444 e. The Balaban J connectivity index is 2.38. The van der Waals surface area contributed by atoms with Gasteiger partial charge in [-0.15, -0.1) is 0 Å². The summed E-state index contributed by atoms with van der Waals surface area (Å²) in [6, 6.07) is -0.438. The topological polar surface area (TPSA) is 67.4 Å². The van der Waals surface area contributed by atoms with E-state index in [1.54, 1.807) is 27.7 Å². The summed E-state index contributed by atoms with van der Waals surface area (Å²) in [7, 11) is 0. The number of hydrogen-bond donors (Lipinski definition) is 2. The molecule has 1 aliphatic carbocycles. The number of alkyl carbamates (subject to hydrolysis) is 1. The molecule has 0 unspecified atom stereocenters. The van der Waals surface area contributed by atoms with E-state index in [-0.39, 0.29) is 11.9 Å². The zero-order valence-corrected chi connectivity index (χ0v) is 14.0. The van der Waals surface area contributed by atoms with Crippen LogP contribution in [0.3, 0.4) is 0 Å². The summed E-state index contributed by atoms with van der Waals surface area (Å²) in [4.78, 5) is 23.8. The first-order valence-electron chi connectivity index (χ1n) is 7.99. The number of amides is 2. The second-order valence-electron chi connectivity index (χ2n) is 7.06. The number of hydrogen-bond acceptors (Lipinski definition) is 3. The molecule has 5 nitrogen and oxygen atoms in total. The van der Waals surface area contributed by atoms with Gasteiger partial charge in [0.1, 0.15) is 11.6 Å². The highest BCUT2D eigenvalue weighted by atomic mass is 16.6. The van der Waals surface area contributed by atoms with Gasteiger partial charge in [-0.1, -0.05) is 19.3 Å². The van der Waals surface area contributed by atoms with E-state index >= 15 is 0 Å². The molecule has 5 heteroatoms. The highest BCUT2D eigenvalue weighted by Gasteiger charge is 2.25. The maximum atomic E-state index is 12.1. The van der Waals surface area contributed by atoms with E-state index < -0.39 is 17.7 Å². The van der Waals surface area contributed by atoms with Crippen LogP contribution in [0.2, 0.25) is 0 Å². The van der Waals surface area contributed by atoms with Crippen LogP contribution in [0.25, 0.3) is 0 Å². The molecular formula is C16H30N2O3. The molecule has 0 aliphatic heterocycles. The van der Waals surface area contributed by atoms with Crippen molar-refractivity contribution in [3.05, 3.63) is 0 Å². The maximum Gasteiger partial charge on any atom is 0.408 e. The average molecular weight is 298 g/mol. The first-order valence-corrected chi connectivity index (χ1v) is 7.99. The molecular weight excluding hydrogens is 268 g/mol. The lowest BCUT2D eigenvalue weighted by atomic mass is 9.84. The Morgan fingerprint density at radius 1 is 1.05 bits per heavy atom. The van der Waals surface area contributed by atoms with Crippen molar-refractivity contribution < 1.29 is 14.3 Å². The Morgan fingerprint density at radius 2 is 1.62 bits per heavy atom. The van der Waals surface area contributed by atoms with E-state index in [1.165, 1.54) is 32.1 Å². The summed E-state index contributed by atoms with van der Waals surface area (Å²) < 4.78 is 5.15. The molecule has 1 fully saturated rings. The highest BCUT2D eigenvalue weighted by Crippen LogP contribution is 2.26. The normalized spacial score (nSPS) is 19.5. The summed E-state index contributed by atoms with van der Waals surface area (Å²) in [5.74, 6) is 0.398. The van der Waals surface area contributed by atoms with Crippen LogP contribution in [0.4, 0.5) is 4.79 Å². The highest BCUT2D eigenvalue weighted by molar-refractivity contribution is 5.85. The van der Waals surface area contributed by atoms with Crippen molar-refractivity contribution >= 4 is 12.0 Å². The molecule has 0 aromatic rings. The fourth-order valence-corrected chi connectivity index (χ4v) is 2.65. The maximum absolute atomic E-state index is 12.1. The minimum atomic E-state index is -0.592. The van der Waals surface area contributed by atoms with Gasteiger partial charge in [0.05, 0.1) is 0 Å². The van der Waals surface area contributed by atoms with Gasteiger partial charge in [-0.2, -0.15) is 0 Å². The summed E-state index contributed by atoms with van der Waals surface area (Å²) in [6.45, 7) is 9.11. The number of carbonyl (C=O) groups excluding carboxylic acids is 2. The van der Waals surface area contributed by atoms with Gasteiger partial charge in [0, 0.05) is 6.04 Å². The summed E-state index contributed by atoms with van der Waals surface area (Å²) >= 11 is 0. The molecule has 0 bridgehead atoms. The molecule has 0 spiro atoms. The van der Waals surface area contributed by atoms with Crippen LogP contribution < -0.4 is 10.6 Å². The molecule has 0 saturated heterocycles. The van der Waals surface area contributed by atoms with Crippen molar-refractivity contribution in [3.8, 4) is 0 Å². The van der Waals surface area contributed by atoms with Crippen molar-refractivity contribution in [2.45, 2.75) is 84.4 Å². The van der Waals surface area contributed by atoms with Crippen molar-refractivity contribution in [2.75, 3.05) is 0 Å². The van der Waals surface area contributed by atoms with Gasteiger partial charge in [0.15, 0.2) is 0 Å². The number of rotatable bonds is 4. The van der Waals surface area contributed by atoms with Gasteiger partial charge >= 0.3 is 6.09 Å². The minimum absolute atomic E-state index is 0.153. The quantitative estimate of drug-likeness (QED) is 0.838. The molecule has 1 rings (SSSR count). The van der Waals surface area contributed by atoms with Gasteiger partial charge < -0.3 is 15.4 Å². The van der Waals surface area contributed by atoms with E-state index in [2.05, 4.69) is 10.6 Å². The molecule has 21 heavy (non-hydrogen) atoms. The Labute approximate surface area is 128 Å². The Kier molecular flexibility index (Phi) is 6.49. The van der Waals surface area contributed by atoms with E-state index in [0.717, 1.165) is 0 Å². The lowest BCUT2D eigenvalue weighted by Crippen LogP contribution is -2.50. The standard InChI is InChI=1S/C16H30N2O3/c1-11(13-9-7-6-8-10-13)17-14(19)12(2)18-15(20)21-16(3,4)5/h11-13H,6-10H2,1-5H3,(H,17,19)(H,18,20)/t11-,12+/m0/s1. The third kappa shape index (κ3) is 6.82. The lowest BCUT2D eigenvalue weighted by Gasteiger charge is -2.29. The van der Waals surface area contributed by atoms with Gasteiger partial charge in [0.2, 0.25) is 5.91 Å². The van der Waals surface area contributed by atoms with Crippen LogP contribution in [0.1, 0.15) is 66.7 Å². The second kappa shape index (κ2) is 7.66. The molecule has 1 aliphatic rings. The third-order valence-electron chi connectivity index (χ3n) is 3.85. The summed E-state index contributed by atoms with van der Waals surface area (Å²) in [5, 5.41) is 5.58. The SMILES string of the molecule is C[C@H](NC(=O)[C@@H](C)NC(=O)OC(C)(C)C)C1CCCCC1. The molecule has 2 amide bonds. The van der Waals surface area contributed by atoms with Crippen LogP contribution in [-0.2, 0) is 9.53 Å². The average Bonchev–Trinajstić information content (AvgIpc) is 2.37. The smallest absolute Gasteiger partial charge is 0.408 e. The second-order valence-corrected chi connectivity index (χ2v) is 7.06. The van der Waals surface area contributed by atoms with E-state index in [9.17, 15) is 9.59 Å². The number of nitrogens with one attached hydrogen (secondary N) is 2. The number of ether oxygens (including phenoxy) is 1. The van der Waals surface area contributed by atoms with Crippen molar-refractivity contribution in [2.24, 2.45) is 5.92 Å². The monoisotopic (exact) mass is 298 g/mol. The van der Waals surface area contributed by atoms with E-state index in [1.807, 2.05) is 6.92 Å². The molecule has 2 N–H and O–H groups in total. The van der Waals surface area contributed by atoms with E-state index in [0.29, 0.717) is 5.92 Å². The van der Waals surface area contributed by atoms with Gasteiger partial charge in [0.25, 0.3) is 0 Å². The van der Waals surface area contributed by atoms with Gasteiger partial charge in [-0.3, -0.25) is 4.79 Å². The van der Waals surface area contributed by atoms with Crippen molar-refractivity contribution in [1.29, 1.82) is 0 Å². The van der Waals surface area contributed by atoms with Gasteiger partial charge in [-0.25, -0.2) is 4.79 Å².